The van der Waals surface area contributed by atoms with Gasteiger partial charge in [-0.1, -0.05) is 19.9 Å². The van der Waals surface area contributed by atoms with Crippen LogP contribution < -0.4 is 5.73 Å². The number of carbonyl (C=O) groups is 1. The van der Waals surface area contributed by atoms with Gasteiger partial charge < -0.3 is 20.7 Å². The van der Waals surface area contributed by atoms with Crippen molar-refractivity contribution in [2.75, 3.05) is 0 Å². The summed E-state index contributed by atoms with van der Waals surface area (Å²) >= 11 is 0. The molecule has 0 aliphatic rings. The summed E-state index contributed by atoms with van der Waals surface area (Å²) in [5, 5.41) is 18.6. The van der Waals surface area contributed by atoms with Gasteiger partial charge in [-0.3, -0.25) is 4.79 Å². The lowest BCUT2D eigenvalue weighted by Gasteiger charge is -2.18. The van der Waals surface area contributed by atoms with Gasteiger partial charge in [-0.15, -0.1) is 0 Å². The summed E-state index contributed by atoms with van der Waals surface area (Å²) in [6, 6.07) is 3.58. The van der Waals surface area contributed by atoms with Gasteiger partial charge in [0.15, 0.2) is 11.5 Å². The fraction of sp³-hybridized carbons (Fsp3) is 0.533. The average Bonchev–Trinajstić information content (AvgIpc) is 2.32. The molecule has 2 atom stereocenters. The van der Waals surface area contributed by atoms with Gasteiger partial charge in [0.2, 0.25) is 0 Å². The zero-order valence-electron chi connectivity index (χ0n) is 12.2. The monoisotopic (exact) mass is 281 g/mol. The second-order valence-corrected chi connectivity index (χ2v) is 5.51. The van der Waals surface area contributed by atoms with Crippen LogP contribution in [0.25, 0.3) is 0 Å². The van der Waals surface area contributed by atoms with E-state index in [1.54, 1.807) is 6.07 Å². The maximum Gasteiger partial charge on any atom is 0.323 e. The lowest BCUT2D eigenvalue weighted by molar-refractivity contribution is -0.150. The lowest BCUT2D eigenvalue weighted by atomic mass is 10.1. The topological polar surface area (TPSA) is 92.8 Å². The van der Waals surface area contributed by atoms with Crippen LogP contribution in [0.2, 0.25) is 0 Å². The molecule has 0 aliphatic carbocycles. The van der Waals surface area contributed by atoms with Crippen LogP contribution in [0.5, 0.6) is 11.5 Å². The Morgan fingerprint density at radius 3 is 2.45 bits per heavy atom. The molecular formula is C15H23NO4. The van der Waals surface area contributed by atoms with Gasteiger partial charge in [0.25, 0.3) is 0 Å². The van der Waals surface area contributed by atoms with Crippen LogP contribution in [0.1, 0.15) is 32.8 Å². The molecule has 2 unspecified atom stereocenters. The number of hydrogen-bond acceptors (Lipinski definition) is 5. The zero-order chi connectivity index (χ0) is 15.3. The first-order valence-electron chi connectivity index (χ1n) is 6.76. The fourth-order valence-electron chi connectivity index (χ4n) is 2.03. The normalized spacial score (nSPS) is 14.1. The molecule has 4 N–H and O–H groups in total. The van der Waals surface area contributed by atoms with E-state index < -0.39 is 12.0 Å². The van der Waals surface area contributed by atoms with E-state index in [9.17, 15) is 15.0 Å². The quantitative estimate of drug-likeness (QED) is 0.547. The van der Waals surface area contributed by atoms with Crippen molar-refractivity contribution in [2.45, 2.75) is 45.8 Å². The Balaban J connectivity index is 2.54. The molecule has 0 heterocycles. The standard InChI is InChI=1S/C15H23NO4/c1-9(2)6-10(3)20-15(19)12(16)7-11-4-5-13(17)14(18)8-11/h4-5,8-10,12,17-18H,6-7,16H2,1-3H3. The van der Waals surface area contributed by atoms with Crippen molar-refractivity contribution in [3.8, 4) is 11.5 Å². The molecule has 0 amide bonds. The highest BCUT2D eigenvalue weighted by atomic mass is 16.5. The molecule has 1 rings (SSSR count). The van der Waals surface area contributed by atoms with Crippen LogP contribution in [0.4, 0.5) is 0 Å². The third-order valence-electron chi connectivity index (χ3n) is 2.92. The van der Waals surface area contributed by atoms with Crippen LogP contribution in [0.15, 0.2) is 18.2 Å². The molecule has 5 nitrogen and oxygen atoms in total. The Kier molecular flexibility index (Phi) is 5.82. The summed E-state index contributed by atoms with van der Waals surface area (Å²) in [6.07, 6.45) is 0.876. The number of ether oxygens (including phenoxy) is 1. The van der Waals surface area contributed by atoms with Crippen LogP contribution in [-0.2, 0) is 16.0 Å². The first-order chi connectivity index (χ1) is 9.29. The molecule has 112 valence electrons. The van der Waals surface area contributed by atoms with Gasteiger partial charge in [0.1, 0.15) is 6.04 Å². The third-order valence-corrected chi connectivity index (χ3v) is 2.92. The molecule has 0 saturated carbocycles. The summed E-state index contributed by atoms with van der Waals surface area (Å²) in [5.74, 6) is -0.430. The van der Waals surface area contributed by atoms with E-state index in [1.807, 2.05) is 6.92 Å². The largest absolute Gasteiger partial charge is 0.504 e. The molecule has 0 aliphatic heterocycles. The van der Waals surface area contributed by atoms with Crippen molar-refractivity contribution in [1.82, 2.24) is 0 Å². The minimum Gasteiger partial charge on any atom is -0.504 e. The predicted molar refractivity (Wildman–Crippen MR) is 76.5 cm³/mol. The number of carbonyl (C=O) groups excluding carboxylic acids is 1. The number of hydrogen-bond donors (Lipinski definition) is 3. The maximum atomic E-state index is 11.8. The first-order valence-corrected chi connectivity index (χ1v) is 6.76. The Labute approximate surface area is 119 Å². The smallest absolute Gasteiger partial charge is 0.323 e. The second-order valence-electron chi connectivity index (χ2n) is 5.51. The van der Waals surface area contributed by atoms with Gasteiger partial charge >= 0.3 is 5.97 Å². The maximum absolute atomic E-state index is 11.8. The van der Waals surface area contributed by atoms with E-state index in [2.05, 4.69) is 13.8 Å². The Morgan fingerprint density at radius 1 is 1.25 bits per heavy atom. The Bertz CT molecular complexity index is 459. The Hall–Kier alpha value is -1.75. The van der Waals surface area contributed by atoms with Gasteiger partial charge in [0, 0.05) is 0 Å². The fourth-order valence-corrected chi connectivity index (χ4v) is 2.03. The first kappa shape index (κ1) is 16.3. The highest BCUT2D eigenvalue weighted by Crippen LogP contribution is 2.25. The predicted octanol–water partition coefficient (Wildman–Crippen LogP) is 1.95. The van der Waals surface area contributed by atoms with E-state index in [1.165, 1.54) is 12.1 Å². The van der Waals surface area contributed by atoms with Gasteiger partial charge in [-0.05, 0) is 43.4 Å². The average molecular weight is 281 g/mol. The number of esters is 1. The van der Waals surface area contributed by atoms with Crippen molar-refractivity contribution in [3.05, 3.63) is 23.8 Å². The van der Waals surface area contributed by atoms with Crippen LogP contribution >= 0.6 is 0 Å². The number of benzene rings is 1. The van der Waals surface area contributed by atoms with E-state index in [0.29, 0.717) is 11.5 Å². The molecule has 0 aromatic heterocycles. The molecule has 1 aromatic carbocycles. The number of phenols is 2. The Morgan fingerprint density at radius 2 is 1.90 bits per heavy atom. The van der Waals surface area contributed by atoms with Crippen LogP contribution in [0, 0.1) is 5.92 Å². The highest BCUT2D eigenvalue weighted by Gasteiger charge is 2.19. The molecule has 1 aromatic rings. The van der Waals surface area contributed by atoms with E-state index in [0.717, 1.165) is 6.42 Å². The number of nitrogens with two attached hydrogens (primary N) is 1. The molecule has 20 heavy (non-hydrogen) atoms. The van der Waals surface area contributed by atoms with Crippen molar-refractivity contribution < 1.29 is 19.7 Å². The number of phenolic OH excluding ortho intramolecular Hbond substituents is 2. The highest BCUT2D eigenvalue weighted by molar-refractivity contribution is 5.76. The van der Waals surface area contributed by atoms with Crippen molar-refractivity contribution >= 4 is 5.97 Å². The summed E-state index contributed by atoms with van der Waals surface area (Å²) in [7, 11) is 0. The van der Waals surface area contributed by atoms with Gasteiger partial charge in [-0.2, -0.15) is 0 Å². The second kappa shape index (κ2) is 7.14. The molecule has 0 radical (unpaired) electrons. The van der Waals surface area contributed by atoms with Gasteiger partial charge in [-0.25, -0.2) is 0 Å². The number of aromatic hydroxyl groups is 2. The van der Waals surface area contributed by atoms with Crippen LogP contribution in [-0.4, -0.2) is 28.3 Å². The van der Waals surface area contributed by atoms with Crippen molar-refractivity contribution in [2.24, 2.45) is 11.7 Å². The third kappa shape index (κ3) is 5.09. The van der Waals surface area contributed by atoms with Crippen molar-refractivity contribution in [3.63, 3.8) is 0 Å². The summed E-state index contributed by atoms with van der Waals surface area (Å²) in [4.78, 5) is 11.8. The lowest BCUT2D eigenvalue weighted by Crippen LogP contribution is -2.36. The van der Waals surface area contributed by atoms with E-state index in [4.69, 9.17) is 10.5 Å². The van der Waals surface area contributed by atoms with Crippen molar-refractivity contribution in [1.29, 1.82) is 0 Å². The molecular weight excluding hydrogens is 258 g/mol. The molecule has 0 saturated heterocycles. The summed E-state index contributed by atoms with van der Waals surface area (Å²) in [5.41, 5.74) is 6.47. The zero-order valence-corrected chi connectivity index (χ0v) is 12.2. The van der Waals surface area contributed by atoms with Gasteiger partial charge in [0.05, 0.1) is 6.10 Å². The minimum atomic E-state index is -0.784. The molecule has 0 spiro atoms. The minimum absolute atomic E-state index is 0.165. The molecule has 0 fully saturated rings. The number of rotatable bonds is 6. The molecule has 0 bridgehead atoms. The molecule has 5 heteroatoms. The van der Waals surface area contributed by atoms with E-state index in [-0.39, 0.29) is 24.0 Å². The summed E-state index contributed by atoms with van der Waals surface area (Å²) in [6.45, 7) is 5.96. The van der Waals surface area contributed by atoms with E-state index >= 15 is 0 Å². The SMILES string of the molecule is CC(C)CC(C)OC(=O)C(N)Cc1ccc(O)c(O)c1. The summed E-state index contributed by atoms with van der Waals surface area (Å²) < 4.78 is 5.27. The van der Waals surface area contributed by atoms with Crippen LogP contribution in [0.3, 0.4) is 0 Å².